The van der Waals surface area contributed by atoms with Crippen molar-refractivity contribution in [2.45, 2.75) is 44.8 Å². The predicted octanol–water partition coefficient (Wildman–Crippen LogP) is 2.47. The molecule has 0 saturated heterocycles. The van der Waals surface area contributed by atoms with Crippen LogP contribution in [-0.4, -0.2) is 47.8 Å². The van der Waals surface area contributed by atoms with Gasteiger partial charge in [-0.2, -0.15) is 13.2 Å². The number of halogens is 3. The third-order valence-corrected chi connectivity index (χ3v) is 3.78. The van der Waals surface area contributed by atoms with Crippen molar-refractivity contribution < 1.29 is 27.9 Å². The number of nitrogens with one attached hydrogen (secondary N) is 1. The maximum Gasteiger partial charge on any atom is 0.391 e. The summed E-state index contributed by atoms with van der Waals surface area (Å²) in [6.45, 7) is 1.48. The second-order valence-electron chi connectivity index (χ2n) is 5.67. The molecule has 3 unspecified atom stereocenters. The summed E-state index contributed by atoms with van der Waals surface area (Å²) in [7, 11) is 1.43. The van der Waals surface area contributed by atoms with Gasteiger partial charge in [0, 0.05) is 19.6 Å². The number of hydrogen-bond acceptors (Lipinski definition) is 2. The first kappa shape index (κ1) is 17.6. The molecular formula is C13H21F3N2O3. The van der Waals surface area contributed by atoms with Gasteiger partial charge in [0.15, 0.2) is 0 Å². The minimum absolute atomic E-state index is 0.0105. The number of aliphatic carboxylic acids is 1. The number of rotatable bonds is 4. The van der Waals surface area contributed by atoms with Crippen LogP contribution in [0.2, 0.25) is 0 Å². The van der Waals surface area contributed by atoms with Crippen LogP contribution in [0.25, 0.3) is 0 Å². The number of urea groups is 1. The number of alkyl halides is 3. The second kappa shape index (κ2) is 7.00. The molecule has 0 aromatic rings. The molecule has 8 heteroatoms. The highest BCUT2D eigenvalue weighted by Gasteiger charge is 2.42. The van der Waals surface area contributed by atoms with Crippen LogP contribution < -0.4 is 5.32 Å². The summed E-state index contributed by atoms with van der Waals surface area (Å²) < 4.78 is 38.0. The van der Waals surface area contributed by atoms with Crippen molar-refractivity contribution in [1.29, 1.82) is 0 Å². The van der Waals surface area contributed by atoms with E-state index in [1.807, 2.05) is 0 Å². The average Bonchev–Trinajstić information content (AvgIpc) is 2.37. The Balaban J connectivity index is 2.48. The number of carboxylic acid groups (broad SMARTS) is 1. The molecule has 0 aromatic carbocycles. The van der Waals surface area contributed by atoms with Gasteiger partial charge >= 0.3 is 18.2 Å². The molecule has 0 heterocycles. The molecule has 0 spiro atoms. The van der Waals surface area contributed by atoms with Crippen LogP contribution in [0.1, 0.15) is 32.6 Å². The molecule has 2 N–H and O–H groups in total. The van der Waals surface area contributed by atoms with Gasteiger partial charge in [0.1, 0.15) is 0 Å². The number of carboxylic acids is 1. The van der Waals surface area contributed by atoms with E-state index in [0.717, 1.165) is 0 Å². The molecule has 1 rings (SSSR count). The molecule has 0 aliphatic heterocycles. The van der Waals surface area contributed by atoms with Gasteiger partial charge in [-0.15, -0.1) is 0 Å². The van der Waals surface area contributed by atoms with Crippen molar-refractivity contribution in [1.82, 2.24) is 10.2 Å². The first-order valence-corrected chi connectivity index (χ1v) is 6.92. The van der Waals surface area contributed by atoms with Gasteiger partial charge in [-0.25, -0.2) is 4.79 Å². The molecule has 1 fully saturated rings. The molecule has 1 aliphatic rings. The van der Waals surface area contributed by atoms with Gasteiger partial charge in [-0.1, -0.05) is 13.3 Å². The van der Waals surface area contributed by atoms with Gasteiger partial charge in [-0.3, -0.25) is 4.79 Å². The Morgan fingerprint density at radius 3 is 2.52 bits per heavy atom. The maximum absolute atomic E-state index is 12.7. The van der Waals surface area contributed by atoms with E-state index in [1.54, 1.807) is 0 Å². The van der Waals surface area contributed by atoms with E-state index in [9.17, 15) is 22.8 Å². The number of amides is 2. The lowest BCUT2D eigenvalue weighted by Crippen LogP contribution is -2.47. The fourth-order valence-electron chi connectivity index (χ4n) is 2.47. The van der Waals surface area contributed by atoms with Crippen LogP contribution >= 0.6 is 0 Å². The Morgan fingerprint density at radius 2 is 2.00 bits per heavy atom. The summed E-state index contributed by atoms with van der Waals surface area (Å²) >= 11 is 0. The summed E-state index contributed by atoms with van der Waals surface area (Å²) in [5.41, 5.74) is 0. The highest BCUT2D eigenvalue weighted by molar-refractivity contribution is 5.76. The van der Waals surface area contributed by atoms with Gasteiger partial charge < -0.3 is 15.3 Å². The highest BCUT2D eigenvalue weighted by atomic mass is 19.4. The van der Waals surface area contributed by atoms with Crippen LogP contribution in [0.5, 0.6) is 0 Å². The zero-order valence-corrected chi connectivity index (χ0v) is 12.1. The topological polar surface area (TPSA) is 69.6 Å². The molecule has 3 atom stereocenters. The number of nitrogens with zero attached hydrogens (tertiary/aromatic N) is 1. The van der Waals surface area contributed by atoms with Crippen LogP contribution in [0.3, 0.4) is 0 Å². The standard InChI is InChI=1S/C13H21F3N2O3/c1-8(11(19)20)7-18(2)12(21)17-10-5-3-4-9(6-10)13(14,15)16/h8-10H,3-7H2,1-2H3,(H,17,21)(H,19,20). The Labute approximate surface area is 121 Å². The fraction of sp³-hybridized carbons (Fsp3) is 0.846. The van der Waals surface area contributed by atoms with E-state index in [2.05, 4.69) is 5.32 Å². The Hall–Kier alpha value is -1.47. The fourth-order valence-corrected chi connectivity index (χ4v) is 2.47. The molecule has 5 nitrogen and oxygen atoms in total. The van der Waals surface area contributed by atoms with E-state index in [-0.39, 0.29) is 19.4 Å². The minimum atomic E-state index is -4.23. The smallest absolute Gasteiger partial charge is 0.391 e. The molecule has 0 radical (unpaired) electrons. The quantitative estimate of drug-likeness (QED) is 0.838. The number of carbonyl (C=O) groups is 2. The Morgan fingerprint density at radius 1 is 1.38 bits per heavy atom. The van der Waals surface area contributed by atoms with E-state index in [1.165, 1.54) is 18.9 Å². The van der Waals surface area contributed by atoms with Crippen molar-refractivity contribution in [3.8, 4) is 0 Å². The van der Waals surface area contributed by atoms with Crippen LogP contribution in [0.4, 0.5) is 18.0 Å². The number of carbonyl (C=O) groups excluding carboxylic acids is 1. The van der Waals surface area contributed by atoms with Crippen LogP contribution in [0, 0.1) is 11.8 Å². The monoisotopic (exact) mass is 310 g/mol. The third-order valence-electron chi connectivity index (χ3n) is 3.78. The van der Waals surface area contributed by atoms with E-state index in [0.29, 0.717) is 12.8 Å². The average molecular weight is 310 g/mol. The highest BCUT2D eigenvalue weighted by Crippen LogP contribution is 2.37. The van der Waals surface area contributed by atoms with E-state index >= 15 is 0 Å². The van der Waals surface area contributed by atoms with Crippen molar-refractivity contribution in [3.05, 3.63) is 0 Å². The van der Waals surface area contributed by atoms with Crippen molar-refractivity contribution >= 4 is 12.0 Å². The molecule has 0 bridgehead atoms. The molecule has 122 valence electrons. The van der Waals surface area contributed by atoms with Crippen LogP contribution in [-0.2, 0) is 4.79 Å². The summed E-state index contributed by atoms with van der Waals surface area (Å²) in [5.74, 6) is -3.13. The molecule has 2 amide bonds. The SMILES string of the molecule is CC(CN(C)C(=O)NC1CCCC(C(F)(F)F)C1)C(=O)O. The normalized spacial score (nSPS) is 24.2. The van der Waals surface area contributed by atoms with Gasteiger partial charge in [-0.05, 0) is 19.3 Å². The van der Waals surface area contributed by atoms with Gasteiger partial charge in [0.25, 0.3) is 0 Å². The summed E-state index contributed by atoms with van der Waals surface area (Å²) in [5, 5.41) is 11.3. The number of hydrogen-bond donors (Lipinski definition) is 2. The van der Waals surface area contributed by atoms with E-state index < -0.39 is 36.1 Å². The summed E-state index contributed by atoms with van der Waals surface area (Å²) in [6, 6.07) is -1.05. The largest absolute Gasteiger partial charge is 0.481 e. The van der Waals surface area contributed by atoms with Gasteiger partial charge in [0.05, 0.1) is 11.8 Å². The predicted molar refractivity (Wildman–Crippen MR) is 69.8 cm³/mol. The van der Waals surface area contributed by atoms with Crippen molar-refractivity contribution in [2.75, 3.05) is 13.6 Å². The molecular weight excluding hydrogens is 289 g/mol. The van der Waals surface area contributed by atoms with Crippen LogP contribution in [0.15, 0.2) is 0 Å². The zero-order chi connectivity index (χ0) is 16.2. The lowest BCUT2D eigenvalue weighted by Gasteiger charge is -2.32. The van der Waals surface area contributed by atoms with Gasteiger partial charge in [0.2, 0.25) is 0 Å². The van der Waals surface area contributed by atoms with Crippen molar-refractivity contribution in [3.63, 3.8) is 0 Å². The van der Waals surface area contributed by atoms with Crippen molar-refractivity contribution in [2.24, 2.45) is 11.8 Å². The maximum atomic E-state index is 12.7. The summed E-state index contributed by atoms with van der Waals surface area (Å²) in [4.78, 5) is 23.8. The zero-order valence-electron chi connectivity index (χ0n) is 12.1. The molecule has 0 aromatic heterocycles. The lowest BCUT2D eigenvalue weighted by molar-refractivity contribution is -0.183. The Kier molecular flexibility index (Phi) is 5.86. The molecule has 1 saturated carbocycles. The molecule has 1 aliphatic carbocycles. The van der Waals surface area contributed by atoms with E-state index in [4.69, 9.17) is 5.11 Å². The summed E-state index contributed by atoms with van der Waals surface area (Å²) in [6.07, 6.45) is -3.31. The lowest BCUT2D eigenvalue weighted by atomic mass is 9.85. The Bertz CT molecular complexity index is 387. The first-order chi connectivity index (χ1) is 9.61. The second-order valence-corrected chi connectivity index (χ2v) is 5.67. The third kappa shape index (κ3) is 5.43. The minimum Gasteiger partial charge on any atom is -0.481 e. The first-order valence-electron chi connectivity index (χ1n) is 6.92. The molecule has 21 heavy (non-hydrogen) atoms.